The molecule has 102 valence electrons. The zero-order valence-electron chi connectivity index (χ0n) is 11.3. The smallest absolute Gasteiger partial charge is 0.221 e. The second kappa shape index (κ2) is 7.84. The van der Waals surface area contributed by atoms with E-state index in [1.54, 1.807) is 7.11 Å². The Morgan fingerprint density at radius 3 is 2.89 bits per heavy atom. The van der Waals surface area contributed by atoms with E-state index >= 15 is 0 Å². The molecular formula is C12H22N4O2. The Morgan fingerprint density at radius 1 is 1.50 bits per heavy atom. The third-order valence-electron chi connectivity index (χ3n) is 2.81. The van der Waals surface area contributed by atoms with Gasteiger partial charge in [-0.3, -0.25) is 9.48 Å². The number of methoxy groups -OCH3 is 1. The van der Waals surface area contributed by atoms with Crippen LogP contribution in [0.15, 0.2) is 6.20 Å². The molecule has 1 heterocycles. The van der Waals surface area contributed by atoms with Gasteiger partial charge in [0.05, 0.1) is 12.8 Å². The molecule has 1 rings (SSSR count). The molecule has 1 aromatic heterocycles. The molecule has 0 aliphatic rings. The predicted molar refractivity (Wildman–Crippen MR) is 69.2 cm³/mol. The minimum atomic E-state index is 0.0439. The van der Waals surface area contributed by atoms with Crippen molar-refractivity contribution < 1.29 is 9.53 Å². The van der Waals surface area contributed by atoms with Gasteiger partial charge in [0.15, 0.2) is 0 Å². The van der Waals surface area contributed by atoms with Gasteiger partial charge in [0.25, 0.3) is 0 Å². The lowest BCUT2D eigenvalue weighted by Crippen LogP contribution is -2.30. The summed E-state index contributed by atoms with van der Waals surface area (Å²) in [6, 6.07) is 0. The molecule has 0 unspecified atom stereocenters. The van der Waals surface area contributed by atoms with Gasteiger partial charge in [-0.1, -0.05) is 0 Å². The summed E-state index contributed by atoms with van der Waals surface area (Å²) in [5, 5.41) is 10.2. The summed E-state index contributed by atoms with van der Waals surface area (Å²) in [4.78, 5) is 11.4. The van der Waals surface area contributed by atoms with Crippen molar-refractivity contribution in [2.75, 3.05) is 26.8 Å². The Bertz CT molecular complexity index is 376. The number of rotatable bonds is 8. The third kappa shape index (κ3) is 4.85. The van der Waals surface area contributed by atoms with Crippen molar-refractivity contribution in [1.82, 2.24) is 20.4 Å². The topological polar surface area (TPSA) is 68.2 Å². The van der Waals surface area contributed by atoms with Gasteiger partial charge < -0.3 is 15.4 Å². The number of carbonyl (C=O) groups is 1. The van der Waals surface area contributed by atoms with Crippen LogP contribution in [0.3, 0.4) is 0 Å². The Balaban J connectivity index is 2.11. The van der Waals surface area contributed by atoms with E-state index in [2.05, 4.69) is 15.7 Å². The average molecular weight is 254 g/mol. The Hall–Kier alpha value is -1.40. The molecule has 18 heavy (non-hydrogen) atoms. The lowest BCUT2D eigenvalue weighted by Gasteiger charge is -2.06. The van der Waals surface area contributed by atoms with Gasteiger partial charge >= 0.3 is 0 Å². The van der Waals surface area contributed by atoms with E-state index in [-0.39, 0.29) is 5.91 Å². The lowest BCUT2D eigenvalue weighted by molar-refractivity contribution is -0.121. The standard InChI is InChI=1S/C12H22N4O2/c1-10-11(9-15-16(10)2)8-13-5-4-12(17)14-6-7-18-3/h9,13H,4-8H2,1-3H3,(H,14,17). The normalized spacial score (nSPS) is 10.6. The Morgan fingerprint density at radius 2 is 2.28 bits per heavy atom. The molecule has 0 bridgehead atoms. The predicted octanol–water partition coefficient (Wildman–Crippen LogP) is -0.0292. The second-order valence-corrected chi connectivity index (χ2v) is 4.15. The summed E-state index contributed by atoms with van der Waals surface area (Å²) in [5.74, 6) is 0.0439. The minimum Gasteiger partial charge on any atom is -0.383 e. The van der Waals surface area contributed by atoms with E-state index < -0.39 is 0 Å². The van der Waals surface area contributed by atoms with Crippen LogP contribution >= 0.6 is 0 Å². The van der Waals surface area contributed by atoms with Crippen LogP contribution < -0.4 is 10.6 Å². The SMILES string of the molecule is COCCNC(=O)CCNCc1cnn(C)c1C. The number of hydrogen-bond donors (Lipinski definition) is 2. The number of hydrogen-bond acceptors (Lipinski definition) is 4. The molecule has 2 N–H and O–H groups in total. The Labute approximate surface area is 108 Å². The Kier molecular flexibility index (Phi) is 6.38. The molecule has 0 saturated heterocycles. The number of ether oxygens (including phenoxy) is 1. The molecule has 0 aliphatic heterocycles. The van der Waals surface area contributed by atoms with Gasteiger partial charge in [0.2, 0.25) is 5.91 Å². The highest BCUT2D eigenvalue weighted by atomic mass is 16.5. The largest absolute Gasteiger partial charge is 0.383 e. The van der Waals surface area contributed by atoms with Gasteiger partial charge in [-0.05, 0) is 6.92 Å². The van der Waals surface area contributed by atoms with E-state index in [9.17, 15) is 4.79 Å². The van der Waals surface area contributed by atoms with Crippen molar-refractivity contribution in [1.29, 1.82) is 0 Å². The maximum absolute atomic E-state index is 11.4. The van der Waals surface area contributed by atoms with Crippen molar-refractivity contribution >= 4 is 5.91 Å². The summed E-state index contributed by atoms with van der Waals surface area (Å²) >= 11 is 0. The molecule has 0 radical (unpaired) electrons. The first kappa shape index (κ1) is 14.7. The lowest BCUT2D eigenvalue weighted by atomic mass is 10.2. The van der Waals surface area contributed by atoms with Crippen LogP contribution in [0.1, 0.15) is 17.7 Å². The van der Waals surface area contributed by atoms with Crippen molar-refractivity contribution in [3.63, 3.8) is 0 Å². The zero-order valence-corrected chi connectivity index (χ0v) is 11.3. The van der Waals surface area contributed by atoms with Crippen molar-refractivity contribution in [3.8, 4) is 0 Å². The molecule has 6 heteroatoms. The number of amides is 1. The summed E-state index contributed by atoms with van der Waals surface area (Å²) in [6.45, 7) is 4.55. The van der Waals surface area contributed by atoms with Gasteiger partial charge in [-0.25, -0.2) is 0 Å². The summed E-state index contributed by atoms with van der Waals surface area (Å²) in [5.41, 5.74) is 2.31. The van der Waals surface area contributed by atoms with Crippen LogP contribution in [0.4, 0.5) is 0 Å². The van der Waals surface area contributed by atoms with Crippen LogP contribution in [-0.4, -0.2) is 42.5 Å². The highest BCUT2D eigenvalue weighted by Gasteiger charge is 2.03. The van der Waals surface area contributed by atoms with Crippen LogP contribution in [0.25, 0.3) is 0 Å². The van der Waals surface area contributed by atoms with Crippen LogP contribution in [0.2, 0.25) is 0 Å². The second-order valence-electron chi connectivity index (χ2n) is 4.15. The van der Waals surface area contributed by atoms with Crippen molar-refractivity contribution in [3.05, 3.63) is 17.5 Å². The molecule has 6 nitrogen and oxygen atoms in total. The molecule has 0 aromatic carbocycles. The molecule has 1 amide bonds. The number of aromatic nitrogens is 2. The molecular weight excluding hydrogens is 232 g/mol. The molecule has 0 atom stereocenters. The zero-order chi connectivity index (χ0) is 13.4. The van der Waals surface area contributed by atoms with E-state index in [1.165, 1.54) is 0 Å². The summed E-state index contributed by atoms with van der Waals surface area (Å²) in [6.07, 6.45) is 2.32. The maximum atomic E-state index is 11.4. The highest BCUT2D eigenvalue weighted by Crippen LogP contribution is 2.04. The fraction of sp³-hybridized carbons (Fsp3) is 0.667. The number of nitrogens with zero attached hydrogens (tertiary/aromatic N) is 2. The number of carbonyl (C=O) groups excluding carboxylic acids is 1. The van der Waals surface area contributed by atoms with Gasteiger partial charge in [0, 0.05) is 51.5 Å². The van der Waals surface area contributed by atoms with E-state index in [1.807, 2.05) is 24.9 Å². The van der Waals surface area contributed by atoms with Crippen LogP contribution in [-0.2, 0) is 23.1 Å². The van der Waals surface area contributed by atoms with Gasteiger partial charge in [0.1, 0.15) is 0 Å². The molecule has 0 spiro atoms. The monoisotopic (exact) mass is 254 g/mol. The molecule has 0 saturated carbocycles. The number of nitrogens with one attached hydrogen (secondary N) is 2. The van der Waals surface area contributed by atoms with Crippen molar-refractivity contribution in [2.45, 2.75) is 19.9 Å². The molecule has 1 aromatic rings. The summed E-state index contributed by atoms with van der Waals surface area (Å²) in [7, 11) is 3.53. The average Bonchev–Trinajstić information content (AvgIpc) is 2.66. The van der Waals surface area contributed by atoms with Gasteiger partial charge in [-0.2, -0.15) is 5.10 Å². The van der Waals surface area contributed by atoms with Crippen LogP contribution in [0, 0.1) is 6.92 Å². The highest BCUT2D eigenvalue weighted by molar-refractivity contribution is 5.75. The quantitative estimate of drug-likeness (QED) is 0.639. The third-order valence-corrected chi connectivity index (χ3v) is 2.81. The van der Waals surface area contributed by atoms with E-state index in [0.29, 0.717) is 26.1 Å². The maximum Gasteiger partial charge on any atom is 0.221 e. The van der Waals surface area contributed by atoms with E-state index in [0.717, 1.165) is 17.8 Å². The van der Waals surface area contributed by atoms with Crippen LogP contribution in [0.5, 0.6) is 0 Å². The first-order chi connectivity index (χ1) is 8.65. The summed E-state index contributed by atoms with van der Waals surface area (Å²) < 4.78 is 6.69. The molecule has 0 fully saturated rings. The fourth-order valence-corrected chi connectivity index (χ4v) is 1.52. The van der Waals surface area contributed by atoms with Crippen molar-refractivity contribution in [2.24, 2.45) is 7.05 Å². The minimum absolute atomic E-state index is 0.0439. The molecule has 0 aliphatic carbocycles. The number of aryl methyl sites for hydroxylation is 1. The first-order valence-corrected chi connectivity index (χ1v) is 6.09. The first-order valence-electron chi connectivity index (χ1n) is 6.09. The van der Waals surface area contributed by atoms with Gasteiger partial charge in [-0.15, -0.1) is 0 Å². The van der Waals surface area contributed by atoms with E-state index in [4.69, 9.17) is 4.74 Å². The fourth-order valence-electron chi connectivity index (χ4n) is 1.52.